The van der Waals surface area contributed by atoms with Crippen molar-refractivity contribution in [2.45, 2.75) is 26.4 Å². The first kappa shape index (κ1) is 17.2. The van der Waals surface area contributed by atoms with Crippen molar-refractivity contribution >= 4 is 17.6 Å². The quantitative estimate of drug-likeness (QED) is 0.868. The molecule has 25 heavy (non-hydrogen) atoms. The number of carbonyl (C=O) groups excluding carboxylic acids is 2. The Morgan fingerprint density at radius 1 is 1.28 bits per heavy atom. The van der Waals surface area contributed by atoms with Crippen molar-refractivity contribution < 1.29 is 14.3 Å². The molecule has 2 heterocycles. The van der Waals surface area contributed by atoms with Crippen LogP contribution >= 0.6 is 0 Å². The first-order valence-corrected chi connectivity index (χ1v) is 8.37. The number of anilines is 1. The van der Waals surface area contributed by atoms with E-state index in [0.717, 1.165) is 18.7 Å². The molecule has 1 atom stereocenters. The third-order valence-corrected chi connectivity index (χ3v) is 4.75. The lowest BCUT2D eigenvalue weighted by Gasteiger charge is -2.34. The van der Waals surface area contributed by atoms with Crippen molar-refractivity contribution in [1.82, 2.24) is 9.47 Å². The van der Waals surface area contributed by atoms with Gasteiger partial charge in [0.05, 0.1) is 19.2 Å². The molecule has 1 aromatic carbocycles. The number of hydrogen-bond acceptors (Lipinski definition) is 4. The van der Waals surface area contributed by atoms with Crippen LogP contribution in [0.4, 0.5) is 5.69 Å². The SMILES string of the molecule is COC(=O)c1ccc(C)c(NC(=O)CN2CCn3cccc3[C@H]2C)c1. The van der Waals surface area contributed by atoms with Gasteiger partial charge in [0.2, 0.25) is 5.91 Å². The number of methoxy groups -OCH3 is 1. The van der Waals surface area contributed by atoms with Crippen LogP contribution in [0.25, 0.3) is 0 Å². The van der Waals surface area contributed by atoms with Crippen molar-refractivity contribution in [3.63, 3.8) is 0 Å². The van der Waals surface area contributed by atoms with Gasteiger partial charge in [-0.15, -0.1) is 0 Å². The molecule has 0 radical (unpaired) electrons. The Morgan fingerprint density at radius 3 is 2.84 bits per heavy atom. The summed E-state index contributed by atoms with van der Waals surface area (Å²) in [7, 11) is 1.34. The second-order valence-electron chi connectivity index (χ2n) is 6.34. The molecule has 0 spiro atoms. The van der Waals surface area contributed by atoms with Gasteiger partial charge >= 0.3 is 5.97 Å². The van der Waals surface area contributed by atoms with Gasteiger partial charge in [0.15, 0.2) is 0 Å². The van der Waals surface area contributed by atoms with Crippen molar-refractivity contribution in [2.75, 3.05) is 25.5 Å². The molecule has 1 N–H and O–H groups in total. The van der Waals surface area contributed by atoms with Gasteiger partial charge in [-0.2, -0.15) is 0 Å². The highest BCUT2D eigenvalue weighted by atomic mass is 16.5. The van der Waals surface area contributed by atoms with Gasteiger partial charge < -0.3 is 14.6 Å². The van der Waals surface area contributed by atoms with Gasteiger partial charge in [-0.25, -0.2) is 4.79 Å². The van der Waals surface area contributed by atoms with Crippen LogP contribution in [0, 0.1) is 6.92 Å². The summed E-state index contributed by atoms with van der Waals surface area (Å²) in [5.74, 6) is -0.502. The zero-order valence-electron chi connectivity index (χ0n) is 14.8. The number of aryl methyl sites for hydroxylation is 1. The van der Waals surface area contributed by atoms with E-state index in [0.29, 0.717) is 17.8 Å². The third kappa shape index (κ3) is 3.58. The van der Waals surface area contributed by atoms with Crippen LogP contribution in [-0.4, -0.2) is 41.5 Å². The van der Waals surface area contributed by atoms with Crippen molar-refractivity contribution in [3.05, 3.63) is 53.3 Å². The van der Waals surface area contributed by atoms with E-state index >= 15 is 0 Å². The Labute approximate surface area is 147 Å². The molecule has 1 amide bonds. The van der Waals surface area contributed by atoms with E-state index in [1.54, 1.807) is 18.2 Å². The normalized spacial score (nSPS) is 17.0. The molecule has 0 bridgehead atoms. The number of nitrogens with zero attached hydrogens (tertiary/aromatic N) is 2. The Morgan fingerprint density at radius 2 is 2.08 bits per heavy atom. The number of hydrogen-bond donors (Lipinski definition) is 1. The van der Waals surface area contributed by atoms with Crippen LogP contribution in [0.5, 0.6) is 0 Å². The molecule has 1 aliphatic heterocycles. The molecule has 3 rings (SSSR count). The predicted molar refractivity (Wildman–Crippen MR) is 95.6 cm³/mol. The zero-order chi connectivity index (χ0) is 18.0. The molecule has 6 nitrogen and oxygen atoms in total. The maximum Gasteiger partial charge on any atom is 0.337 e. The third-order valence-electron chi connectivity index (χ3n) is 4.75. The molecule has 0 saturated heterocycles. The maximum atomic E-state index is 12.5. The van der Waals surface area contributed by atoms with E-state index < -0.39 is 5.97 Å². The van der Waals surface area contributed by atoms with E-state index in [-0.39, 0.29) is 11.9 Å². The van der Waals surface area contributed by atoms with Gasteiger partial charge in [-0.1, -0.05) is 6.07 Å². The summed E-state index contributed by atoms with van der Waals surface area (Å²) in [5.41, 5.74) is 3.19. The number of carbonyl (C=O) groups is 2. The molecule has 0 unspecified atom stereocenters. The van der Waals surface area contributed by atoms with E-state index in [2.05, 4.69) is 34.0 Å². The van der Waals surface area contributed by atoms with Crippen molar-refractivity contribution in [2.24, 2.45) is 0 Å². The lowest BCUT2D eigenvalue weighted by atomic mass is 10.1. The van der Waals surface area contributed by atoms with Crippen LogP contribution in [-0.2, 0) is 16.1 Å². The second kappa shape index (κ2) is 7.11. The minimum atomic E-state index is -0.416. The summed E-state index contributed by atoms with van der Waals surface area (Å²) in [5, 5.41) is 2.92. The van der Waals surface area contributed by atoms with Gasteiger partial charge in [-0.05, 0) is 43.7 Å². The maximum absolute atomic E-state index is 12.5. The number of benzene rings is 1. The Balaban J connectivity index is 1.68. The van der Waals surface area contributed by atoms with Crippen LogP contribution in [0.15, 0.2) is 36.5 Å². The molecule has 0 saturated carbocycles. The Hall–Kier alpha value is -2.60. The highest BCUT2D eigenvalue weighted by Gasteiger charge is 2.25. The number of rotatable bonds is 4. The second-order valence-corrected chi connectivity index (χ2v) is 6.34. The van der Waals surface area contributed by atoms with Gasteiger partial charge in [0.1, 0.15) is 0 Å². The fraction of sp³-hybridized carbons (Fsp3) is 0.368. The lowest BCUT2D eigenvalue weighted by molar-refractivity contribution is -0.118. The summed E-state index contributed by atoms with van der Waals surface area (Å²) in [6, 6.07) is 9.48. The van der Waals surface area contributed by atoms with Crippen LogP contribution < -0.4 is 5.32 Å². The molecule has 1 aromatic heterocycles. The molecular formula is C19H23N3O3. The number of aromatic nitrogens is 1. The van der Waals surface area contributed by atoms with Crippen LogP contribution in [0.3, 0.4) is 0 Å². The van der Waals surface area contributed by atoms with E-state index in [9.17, 15) is 9.59 Å². The monoisotopic (exact) mass is 341 g/mol. The Bertz CT molecular complexity index is 797. The summed E-state index contributed by atoms with van der Waals surface area (Å²) in [4.78, 5) is 26.3. The fourth-order valence-corrected chi connectivity index (χ4v) is 3.22. The number of nitrogens with one attached hydrogen (secondary N) is 1. The summed E-state index contributed by atoms with van der Waals surface area (Å²) in [6.07, 6.45) is 2.07. The zero-order valence-corrected chi connectivity index (χ0v) is 14.8. The summed E-state index contributed by atoms with van der Waals surface area (Å²) < 4.78 is 6.96. The molecule has 0 aliphatic carbocycles. The number of esters is 1. The molecule has 1 aliphatic rings. The molecule has 0 fully saturated rings. The number of ether oxygens (including phenoxy) is 1. The first-order valence-electron chi connectivity index (χ1n) is 8.37. The molecule has 132 valence electrons. The predicted octanol–water partition coefficient (Wildman–Crippen LogP) is 2.60. The average Bonchev–Trinajstić information content (AvgIpc) is 3.08. The smallest absolute Gasteiger partial charge is 0.337 e. The van der Waals surface area contributed by atoms with Crippen LogP contribution in [0.1, 0.15) is 34.6 Å². The minimum absolute atomic E-state index is 0.0861. The Kier molecular flexibility index (Phi) is 4.90. The standard InChI is InChI=1S/C19H23N3O3/c1-13-6-7-15(19(24)25-3)11-16(13)20-18(23)12-22-10-9-21-8-4-5-17(21)14(22)2/h4-8,11,14H,9-10,12H2,1-3H3,(H,20,23)/t14-/m1/s1. The minimum Gasteiger partial charge on any atom is -0.465 e. The highest BCUT2D eigenvalue weighted by molar-refractivity contribution is 5.96. The number of amides is 1. The van der Waals surface area contributed by atoms with Gasteiger partial charge in [-0.3, -0.25) is 9.69 Å². The molecular weight excluding hydrogens is 318 g/mol. The highest BCUT2D eigenvalue weighted by Crippen LogP contribution is 2.25. The van der Waals surface area contributed by atoms with Gasteiger partial charge in [0.25, 0.3) is 0 Å². The average molecular weight is 341 g/mol. The molecule has 6 heteroatoms. The topological polar surface area (TPSA) is 63.6 Å². The largest absolute Gasteiger partial charge is 0.465 e. The summed E-state index contributed by atoms with van der Waals surface area (Å²) >= 11 is 0. The van der Waals surface area contributed by atoms with E-state index in [1.807, 2.05) is 13.0 Å². The van der Waals surface area contributed by atoms with Crippen molar-refractivity contribution in [1.29, 1.82) is 0 Å². The lowest BCUT2D eigenvalue weighted by Crippen LogP contribution is -2.41. The van der Waals surface area contributed by atoms with Crippen molar-refractivity contribution in [3.8, 4) is 0 Å². The van der Waals surface area contributed by atoms with Crippen LogP contribution in [0.2, 0.25) is 0 Å². The first-order chi connectivity index (χ1) is 12.0. The fourth-order valence-electron chi connectivity index (χ4n) is 3.22. The number of fused-ring (bicyclic) bond motifs is 1. The van der Waals surface area contributed by atoms with E-state index in [1.165, 1.54) is 12.8 Å². The van der Waals surface area contributed by atoms with E-state index in [4.69, 9.17) is 4.74 Å². The molecule has 2 aromatic rings. The van der Waals surface area contributed by atoms with Gasteiger partial charge in [0, 0.05) is 36.7 Å². The summed E-state index contributed by atoms with van der Waals surface area (Å²) in [6.45, 7) is 6.04.